The molecule has 114 valence electrons. The normalized spacial score (nSPS) is 20.8. The van der Waals surface area contributed by atoms with Gasteiger partial charge in [0.15, 0.2) is 0 Å². The minimum Gasteiger partial charge on any atom is -0.307 e. The van der Waals surface area contributed by atoms with Crippen molar-refractivity contribution in [2.45, 2.75) is 45.2 Å². The Morgan fingerprint density at radius 2 is 1.76 bits per heavy atom. The van der Waals surface area contributed by atoms with Crippen LogP contribution < -0.4 is 10.6 Å². The maximum Gasteiger partial charge on any atom is 0.328 e. The Bertz CT molecular complexity index is 538. The summed E-state index contributed by atoms with van der Waals surface area (Å²) in [6.07, 6.45) is 0.290. The number of carbonyl (C=O) groups excluding carboxylic acids is 2. The highest BCUT2D eigenvalue weighted by Gasteiger charge is 2.39. The van der Waals surface area contributed by atoms with Crippen molar-refractivity contribution in [3.05, 3.63) is 30.3 Å². The molecule has 0 atom stereocenters. The summed E-state index contributed by atoms with van der Waals surface area (Å²) in [6, 6.07) is 8.78. The number of amides is 3. The summed E-state index contributed by atoms with van der Waals surface area (Å²) < 4.78 is 0. The zero-order chi connectivity index (χ0) is 15.7. The first-order valence-electron chi connectivity index (χ1n) is 7.14. The topological polar surface area (TPSA) is 61.4 Å². The fourth-order valence-electron chi connectivity index (χ4n) is 2.85. The number of imide groups is 1. The molecule has 1 saturated heterocycles. The average molecular weight is 289 g/mol. The van der Waals surface area contributed by atoms with E-state index in [1.807, 2.05) is 45.9 Å². The summed E-state index contributed by atoms with van der Waals surface area (Å²) in [5.74, 6) is -0.161. The van der Waals surface area contributed by atoms with Crippen LogP contribution in [0.15, 0.2) is 30.3 Å². The Kier molecular flexibility index (Phi) is 4.05. The van der Waals surface area contributed by atoms with Crippen molar-refractivity contribution in [3.63, 3.8) is 0 Å². The predicted octanol–water partition coefficient (Wildman–Crippen LogP) is 2.60. The van der Waals surface area contributed by atoms with E-state index in [-0.39, 0.29) is 23.0 Å². The van der Waals surface area contributed by atoms with Gasteiger partial charge in [0.1, 0.15) is 0 Å². The van der Waals surface area contributed by atoms with E-state index in [4.69, 9.17) is 0 Å². The summed E-state index contributed by atoms with van der Waals surface area (Å²) in [5, 5.41) is 6.20. The van der Waals surface area contributed by atoms with Gasteiger partial charge in [-0.1, -0.05) is 18.2 Å². The molecule has 2 N–H and O–H groups in total. The van der Waals surface area contributed by atoms with Crippen LogP contribution in [0, 0.1) is 0 Å². The van der Waals surface area contributed by atoms with Crippen molar-refractivity contribution in [1.29, 1.82) is 0 Å². The Morgan fingerprint density at radius 1 is 1.14 bits per heavy atom. The lowest BCUT2D eigenvalue weighted by Gasteiger charge is -2.34. The van der Waals surface area contributed by atoms with Gasteiger partial charge < -0.3 is 10.6 Å². The molecule has 0 bridgehead atoms. The monoisotopic (exact) mass is 289 g/mol. The summed E-state index contributed by atoms with van der Waals surface area (Å²) in [6.45, 7) is 8.29. The molecule has 0 saturated carbocycles. The van der Waals surface area contributed by atoms with E-state index < -0.39 is 0 Å². The van der Waals surface area contributed by atoms with Crippen molar-refractivity contribution in [1.82, 2.24) is 10.2 Å². The standard InChI is InChI=1S/C16H23N3O2/c1-15(2)10-13(20)19(11-16(3,4)18-15)14(21)17-12-8-6-5-7-9-12/h5-9,18H,10-11H2,1-4H3,(H,17,21). The fourth-order valence-corrected chi connectivity index (χ4v) is 2.85. The molecule has 0 spiro atoms. The average Bonchev–Trinajstić information content (AvgIpc) is 2.42. The molecule has 3 amide bonds. The third-order valence-electron chi connectivity index (χ3n) is 3.39. The van der Waals surface area contributed by atoms with Crippen LogP contribution >= 0.6 is 0 Å². The van der Waals surface area contributed by atoms with Crippen LogP contribution in [-0.2, 0) is 4.79 Å². The summed E-state index contributed by atoms with van der Waals surface area (Å²) in [4.78, 5) is 26.1. The Morgan fingerprint density at radius 3 is 2.38 bits per heavy atom. The van der Waals surface area contributed by atoms with Gasteiger partial charge in [0.2, 0.25) is 5.91 Å². The predicted molar refractivity (Wildman–Crippen MR) is 83.1 cm³/mol. The van der Waals surface area contributed by atoms with Gasteiger partial charge in [0.25, 0.3) is 0 Å². The summed E-state index contributed by atoms with van der Waals surface area (Å²) in [7, 11) is 0. The molecule has 5 heteroatoms. The van der Waals surface area contributed by atoms with Crippen LogP contribution in [0.3, 0.4) is 0 Å². The second-order valence-corrected chi connectivity index (χ2v) is 6.85. The highest BCUT2D eigenvalue weighted by Crippen LogP contribution is 2.22. The van der Waals surface area contributed by atoms with E-state index in [2.05, 4.69) is 10.6 Å². The zero-order valence-electron chi connectivity index (χ0n) is 13.1. The molecule has 0 unspecified atom stereocenters. The van der Waals surface area contributed by atoms with Crippen molar-refractivity contribution in [2.24, 2.45) is 0 Å². The molecule has 1 heterocycles. The van der Waals surface area contributed by atoms with E-state index in [0.29, 0.717) is 18.7 Å². The van der Waals surface area contributed by atoms with Gasteiger partial charge in [-0.25, -0.2) is 4.79 Å². The number of rotatable bonds is 1. The fraction of sp³-hybridized carbons (Fsp3) is 0.500. The maximum atomic E-state index is 12.4. The number of anilines is 1. The summed E-state index contributed by atoms with van der Waals surface area (Å²) in [5.41, 5.74) is 0.0241. The number of carbonyl (C=O) groups is 2. The molecule has 1 aromatic rings. The molecular weight excluding hydrogens is 266 g/mol. The number of urea groups is 1. The van der Waals surface area contributed by atoms with Gasteiger partial charge in [-0.2, -0.15) is 0 Å². The number of para-hydroxylation sites is 1. The molecule has 1 aliphatic heterocycles. The Labute approximate surface area is 125 Å². The van der Waals surface area contributed by atoms with Crippen LogP contribution in [0.2, 0.25) is 0 Å². The van der Waals surface area contributed by atoms with Gasteiger partial charge in [0.05, 0.1) is 0 Å². The second kappa shape index (κ2) is 5.48. The van der Waals surface area contributed by atoms with Crippen LogP contribution in [0.1, 0.15) is 34.1 Å². The molecule has 5 nitrogen and oxygen atoms in total. The minimum absolute atomic E-state index is 0.161. The first-order valence-corrected chi connectivity index (χ1v) is 7.14. The highest BCUT2D eigenvalue weighted by atomic mass is 16.2. The molecule has 0 aromatic heterocycles. The molecule has 2 rings (SSSR count). The molecule has 21 heavy (non-hydrogen) atoms. The van der Waals surface area contributed by atoms with Crippen LogP contribution in [0.4, 0.5) is 10.5 Å². The van der Waals surface area contributed by atoms with Gasteiger partial charge in [-0.15, -0.1) is 0 Å². The van der Waals surface area contributed by atoms with Crippen LogP contribution in [0.25, 0.3) is 0 Å². The van der Waals surface area contributed by atoms with E-state index in [9.17, 15) is 9.59 Å². The second-order valence-electron chi connectivity index (χ2n) is 6.85. The Hall–Kier alpha value is -1.88. The largest absolute Gasteiger partial charge is 0.328 e. The van der Waals surface area contributed by atoms with E-state index in [1.165, 1.54) is 4.90 Å². The summed E-state index contributed by atoms with van der Waals surface area (Å²) >= 11 is 0. The molecular formula is C16H23N3O2. The van der Waals surface area contributed by atoms with Crippen LogP contribution in [-0.4, -0.2) is 34.5 Å². The molecule has 1 fully saturated rings. The SMILES string of the molecule is CC1(C)CC(=O)N(C(=O)Nc2ccccc2)CC(C)(C)N1. The lowest BCUT2D eigenvalue weighted by Crippen LogP contribution is -2.54. The zero-order valence-corrected chi connectivity index (χ0v) is 13.1. The maximum absolute atomic E-state index is 12.4. The van der Waals surface area contributed by atoms with E-state index >= 15 is 0 Å². The number of benzene rings is 1. The van der Waals surface area contributed by atoms with E-state index in [1.54, 1.807) is 12.1 Å². The Balaban J connectivity index is 2.17. The smallest absolute Gasteiger partial charge is 0.307 e. The number of hydrogen-bond acceptors (Lipinski definition) is 3. The number of nitrogens with zero attached hydrogens (tertiary/aromatic N) is 1. The van der Waals surface area contributed by atoms with Gasteiger partial charge in [0, 0.05) is 29.7 Å². The van der Waals surface area contributed by atoms with Gasteiger partial charge in [-0.05, 0) is 39.8 Å². The third-order valence-corrected chi connectivity index (χ3v) is 3.39. The first-order chi connectivity index (χ1) is 9.69. The number of hydrogen-bond donors (Lipinski definition) is 2. The van der Waals surface area contributed by atoms with Crippen molar-refractivity contribution in [3.8, 4) is 0 Å². The molecule has 1 aromatic carbocycles. The van der Waals surface area contributed by atoms with Crippen molar-refractivity contribution >= 4 is 17.6 Å². The molecule has 0 aliphatic carbocycles. The third kappa shape index (κ3) is 4.04. The van der Waals surface area contributed by atoms with Crippen molar-refractivity contribution < 1.29 is 9.59 Å². The number of nitrogens with one attached hydrogen (secondary N) is 2. The molecule has 0 radical (unpaired) electrons. The molecule has 1 aliphatic rings. The lowest BCUT2D eigenvalue weighted by atomic mass is 9.96. The van der Waals surface area contributed by atoms with Gasteiger partial charge in [-0.3, -0.25) is 9.69 Å². The van der Waals surface area contributed by atoms with Gasteiger partial charge >= 0.3 is 6.03 Å². The minimum atomic E-state index is -0.376. The van der Waals surface area contributed by atoms with E-state index in [0.717, 1.165) is 0 Å². The van der Waals surface area contributed by atoms with Crippen molar-refractivity contribution in [2.75, 3.05) is 11.9 Å². The quantitative estimate of drug-likeness (QED) is 0.835. The first kappa shape index (κ1) is 15.5. The lowest BCUT2D eigenvalue weighted by molar-refractivity contribution is -0.128. The van der Waals surface area contributed by atoms with Crippen LogP contribution in [0.5, 0.6) is 0 Å². The highest BCUT2D eigenvalue weighted by molar-refractivity contribution is 6.01.